The predicted octanol–water partition coefficient (Wildman–Crippen LogP) is 3.97. The van der Waals surface area contributed by atoms with Gasteiger partial charge >= 0.3 is 0 Å². The summed E-state index contributed by atoms with van der Waals surface area (Å²) < 4.78 is -0.697. The molecule has 3 amide bonds. The fraction of sp³-hybridized carbons (Fsp3) is 0.767. The Bertz CT molecular complexity index is 944. The molecule has 1 N–H and O–H groups in total. The minimum atomic E-state index is -0.729. The van der Waals surface area contributed by atoms with Gasteiger partial charge in [0, 0.05) is 37.0 Å². The molecule has 0 aliphatic carbocycles. The van der Waals surface area contributed by atoms with Crippen molar-refractivity contribution < 1.29 is 19.5 Å². The number of carbonyl (C=O) groups excluding carboxylic acids is 3. The Labute approximate surface area is 234 Å². The van der Waals surface area contributed by atoms with Gasteiger partial charge in [-0.2, -0.15) is 0 Å². The van der Waals surface area contributed by atoms with Gasteiger partial charge in [0.2, 0.25) is 17.7 Å². The molecule has 2 bridgehead atoms. The summed E-state index contributed by atoms with van der Waals surface area (Å²) in [5.41, 5.74) is -0.493. The van der Waals surface area contributed by atoms with Crippen LogP contribution in [0.4, 0.5) is 0 Å². The maximum Gasteiger partial charge on any atom is 0.247 e. The van der Waals surface area contributed by atoms with E-state index in [9.17, 15) is 19.5 Å². The summed E-state index contributed by atoms with van der Waals surface area (Å²) in [7, 11) is 0. The third-order valence-electron chi connectivity index (χ3n) is 8.53. The van der Waals surface area contributed by atoms with Crippen LogP contribution in [0.5, 0.6) is 0 Å². The molecule has 7 nitrogen and oxygen atoms in total. The second-order valence-corrected chi connectivity index (χ2v) is 14.7. The predicted molar refractivity (Wildman–Crippen MR) is 155 cm³/mol. The van der Waals surface area contributed by atoms with Crippen LogP contribution in [0.2, 0.25) is 0 Å². The number of aliphatic hydroxyl groups excluding tert-OH is 1. The van der Waals surface area contributed by atoms with Crippen molar-refractivity contribution >= 4 is 29.5 Å². The fourth-order valence-electron chi connectivity index (χ4n) is 7.66. The van der Waals surface area contributed by atoms with E-state index in [4.69, 9.17) is 0 Å². The molecule has 38 heavy (non-hydrogen) atoms. The first-order chi connectivity index (χ1) is 17.7. The third-order valence-corrected chi connectivity index (χ3v) is 10.6. The molecule has 3 aliphatic rings. The maximum atomic E-state index is 14.7. The van der Waals surface area contributed by atoms with E-state index in [0.717, 1.165) is 19.3 Å². The van der Waals surface area contributed by atoms with Crippen LogP contribution in [-0.4, -0.2) is 91.9 Å². The van der Waals surface area contributed by atoms with Gasteiger partial charge in [0.05, 0.1) is 23.2 Å². The van der Waals surface area contributed by atoms with Crippen LogP contribution in [0.25, 0.3) is 0 Å². The van der Waals surface area contributed by atoms with Crippen LogP contribution >= 0.6 is 11.8 Å². The van der Waals surface area contributed by atoms with Crippen molar-refractivity contribution in [3.8, 4) is 0 Å². The largest absolute Gasteiger partial charge is 0.395 e. The van der Waals surface area contributed by atoms with Gasteiger partial charge in [-0.15, -0.1) is 24.9 Å². The Kier molecular flexibility index (Phi) is 9.19. The lowest BCUT2D eigenvalue weighted by Gasteiger charge is -2.47. The van der Waals surface area contributed by atoms with E-state index in [2.05, 4.69) is 54.7 Å². The number of hydrogen-bond acceptors (Lipinski definition) is 5. The second kappa shape index (κ2) is 11.4. The molecule has 0 aromatic rings. The molecular weight excluding hydrogens is 498 g/mol. The van der Waals surface area contributed by atoms with E-state index in [1.807, 2.05) is 16.7 Å². The zero-order valence-electron chi connectivity index (χ0n) is 24.5. The van der Waals surface area contributed by atoms with Crippen LogP contribution in [0.1, 0.15) is 67.7 Å². The molecule has 8 heteroatoms. The maximum absolute atomic E-state index is 14.7. The molecule has 3 saturated heterocycles. The van der Waals surface area contributed by atoms with Gasteiger partial charge in [-0.25, -0.2) is 0 Å². The van der Waals surface area contributed by atoms with Crippen molar-refractivity contribution in [3.63, 3.8) is 0 Å². The molecule has 3 aliphatic heterocycles. The third kappa shape index (κ3) is 5.19. The van der Waals surface area contributed by atoms with Crippen LogP contribution in [0.15, 0.2) is 25.3 Å². The number of β-amino-alcohol motifs (C(OH)–C–C–N with tert-alkyl or cyclic N) is 1. The zero-order valence-corrected chi connectivity index (χ0v) is 25.4. The van der Waals surface area contributed by atoms with Crippen molar-refractivity contribution in [2.45, 2.75) is 89.3 Å². The standard InChI is InChI=1S/C30H49N3O4S/c1-10-13-31(14-11-2)25(35)22-21-18-20(4)30(38-21)23(22)26(36)32(16-17-34)24(30)27(37)33(15-12-3)29(8,9)19-28(5,6)7/h10,12,20-24,34H,1,3,11,13-19H2,2,4-9H3/t20?,21-,22+,23-,24?,30?/m0/s1. The van der Waals surface area contributed by atoms with E-state index < -0.39 is 28.2 Å². The Balaban J connectivity index is 2.10. The number of aliphatic hydroxyl groups is 1. The summed E-state index contributed by atoms with van der Waals surface area (Å²) >= 11 is 1.69. The Morgan fingerprint density at radius 1 is 1.16 bits per heavy atom. The zero-order chi connectivity index (χ0) is 28.6. The molecule has 214 valence electrons. The summed E-state index contributed by atoms with van der Waals surface area (Å²) in [6, 6.07) is -0.729. The number of hydrogen-bond donors (Lipinski definition) is 1. The molecule has 3 heterocycles. The van der Waals surface area contributed by atoms with Gasteiger partial charge in [-0.05, 0) is 44.4 Å². The summed E-state index contributed by atoms with van der Waals surface area (Å²) in [6.07, 6.45) is 5.87. The molecule has 0 radical (unpaired) electrons. The number of thioether (sulfide) groups is 1. The first-order valence-corrected chi connectivity index (χ1v) is 15.0. The van der Waals surface area contributed by atoms with Crippen LogP contribution in [-0.2, 0) is 14.4 Å². The van der Waals surface area contributed by atoms with E-state index in [0.29, 0.717) is 19.6 Å². The first kappa shape index (κ1) is 30.7. The average molecular weight is 548 g/mol. The van der Waals surface area contributed by atoms with Crippen LogP contribution in [0, 0.1) is 23.2 Å². The lowest BCUT2D eigenvalue weighted by molar-refractivity contribution is -0.147. The van der Waals surface area contributed by atoms with Crippen molar-refractivity contribution in [2.75, 3.05) is 32.8 Å². The normalized spacial score (nSPS) is 30.4. The molecule has 0 aromatic heterocycles. The quantitative estimate of drug-likeness (QED) is 0.374. The molecule has 0 saturated carbocycles. The molecule has 3 rings (SSSR count). The number of fused-ring (bicyclic) bond motifs is 1. The lowest BCUT2D eigenvalue weighted by Crippen LogP contribution is -2.61. The summed E-state index contributed by atoms with van der Waals surface area (Å²) in [5, 5.41) is 9.97. The van der Waals surface area contributed by atoms with Crippen molar-refractivity contribution in [3.05, 3.63) is 25.3 Å². The number of amides is 3. The average Bonchev–Trinajstić information content (AvgIpc) is 3.39. The minimum absolute atomic E-state index is 0.00219. The smallest absolute Gasteiger partial charge is 0.247 e. The highest BCUT2D eigenvalue weighted by atomic mass is 32.2. The van der Waals surface area contributed by atoms with Crippen molar-refractivity contribution in [2.24, 2.45) is 23.2 Å². The number of carbonyl (C=O) groups is 3. The number of rotatable bonds is 12. The van der Waals surface area contributed by atoms with Gasteiger partial charge in [-0.3, -0.25) is 14.4 Å². The Hall–Kier alpha value is -1.80. The topological polar surface area (TPSA) is 81.2 Å². The Morgan fingerprint density at radius 2 is 1.79 bits per heavy atom. The highest BCUT2D eigenvalue weighted by Gasteiger charge is 2.76. The summed E-state index contributed by atoms with van der Waals surface area (Å²) in [6.45, 7) is 23.8. The van der Waals surface area contributed by atoms with Crippen LogP contribution < -0.4 is 0 Å². The highest BCUT2D eigenvalue weighted by Crippen LogP contribution is 2.69. The Morgan fingerprint density at radius 3 is 2.32 bits per heavy atom. The molecule has 3 unspecified atom stereocenters. The van der Waals surface area contributed by atoms with Crippen molar-refractivity contribution in [1.82, 2.24) is 14.7 Å². The van der Waals surface area contributed by atoms with Crippen LogP contribution in [0.3, 0.4) is 0 Å². The van der Waals surface area contributed by atoms with E-state index in [1.165, 1.54) is 0 Å². The van der Waals surface area contributed by atoms with Gasteiger partial charge in [0.1, 0.15) is 6.04 Å². The van der Waals surface area contributed by atoms with Gasteiger partial charge < -0.3 is 19.8 Å². The van der Waals surface area contributed by atoms with E-state index in [1.54, 1.807) is 28.8 Å². The summed E-state index contributed by atoms with van der Waals surface area (Å²) in [5.74, 6) is -1.24. The van der Waals surface area contributed by atoms with Gasteiger partial charge in [0.15, 0.2) is 0 Å². The second-order valence-electron chi connectivity index (χ2n) is 13.2. The molecule has 0 aromatic carbocycles. The first-order valence-electron chi connectivity index (χ1n) is 14.1. The minimum Gasteiger partial charge on any atom is -0.395 e. The van der Waals surface area contributed by atoms with E-state index >= 15 is 0 Å². The lowest BCUT2D eigenvalue weighted by atomic mass is 9.65. The van der Waals surface area contributed by atoms with E-state index in [-0.39, 0.29) is 47.5 Å². The van der Waals surface area contributed by atoms with Gasteiger partial charge in [-0.1, -0.05) is 46.8 Å². The molecule has 3 fully saturated rings. The van der Waals surface area contributed by atoms with Gasteiger partial charge in [0.25, 0.3) is 0 Å². The molecule has 1 spiro atoms. The molecular formula is C30H49N3O4S. The SMILES string of the molecule is C=CCN(CCC)C(=O)[C@@H]1[C@@H]2CC(C)C3(S2)C(C(=O)N(CC=C)C(C)(C)CC(C)(C)C)N(CCO)C(=O)[C@H]13. The molecule has 6 atom stereocenters. The number of likely N-dealkylation sites (tertiary alicyclic amines) is 1. The van der Waals surface area contributed by atoms with Crippen molar-refractivity contribution in [1.29, 1.82) is 0 Å². The number of nitrogens with zero attached hydrogens (tertiary/aromatic N) is 3. The summed E-state index contributed by atoms with van der Waals surface area (Å²) in [4.78, 5) is 48.0. The fourth-order valence-corrected chi connectivity index (χ4v) is 10.1. The highest BCUT2D eigenvalue weighted by molar-refractivity contribution is 8.02. The monoisotopic (exact) mass is 547 g/mol.